The molecule has 7 heteroatoms. The van der Waals surface area contributed by atoms with E-state index < -0.39 is 6.10 Å². The van der Waals surface area contributed by atoms with Gasteiger partial charge in [-0.2, -0.15) is 0 Å². The Kier molecular flexibility index (Phi) is 4.73. The minimum absolute atomic E-state index is 0.0469. The number of hydrogen-bond donors (Lipinski definition) is 3. The molecule has 0 aliphatic carbocycles. The molecule has 2 atom stereocenters. The predicted octanol–water partition coefficient (Wildman–Crippen LogP) is 1.77. The highest BCUT2D eigenvalue weighted by Gasteiger charge is 2.25. The van der Waals surface area contributed by atoms with Crippen LogP contribution in [0.2, 0.25) is 5.02 Å². The third-order valence-electron chi connectivity index (χ3n) is 3.67. The highest BCUT2D eigenvalue weighted by atomic mass is 35.5. The number of aliphatic hydroxyl groups excluding tert-OH is 1. The number of nitrogens with one attached hydrogen (secondary N) is 2. The standard InChI is InChI=1S/C15H16ClN3O2S/c16-11-4-2-1-3-10(11)15-19-12(8-22-15)14(21)18-6-9-5-17-7-13(9)20/h1-4,8-9,13,17,20H,5-7H2,(H,18,21). The maximum Gasteiger partial charge on any atom is 0.270 e. The first-order valence-electron chi connectivity index (χ1n) is 7.02. The van der Waals surface area contributed by atoms with Crippen LogP contribution in [0.4, 0.5) is 0 Å². The number of hydrogen-bond acceptors (Lipinski definition) is 5. The number of β-amino-alcohol motifs (C(OH)–C–C–N with tert-alkyl or cyclic N) is 1. The minimum Gasteiger partial charge on any atom is -0.391 e. The number of thiazole rings is 1. The summed E-state index contributed by atoms with van der Waals surface area (Å²) in [6, 6.07) is 7.42. The molecule has 1 amide bonds. The van der Waals surface area contributed by atoms with Crippen LogP contribution in [0.1, 0.15) is 10.5 Å². The highest BCUT2D eigenvalue weighted by molar-refractivity contribution is 7.13. The minimum atomic E-state index is -0.408. The molecule has 2 heterocycles. The lowest BCUT2D eigenvalue weighted by atomic mass is 10.1. The summed E-state index contributed by atoms with van der Waals surface area (Å²) in [5, 5.41) is 18.7. The van der Waals surface area contributed by atoms with Crippen LogP contribution in [-0.4, -0.2) is 41.7 Å². The van der Waals surface area contributed by atoms with E-state index in [1.165, 1.54) is 11.3 Å². The molecule has 1 aromatic carbocycles. The molecular weight excluding hydrogens is 322 g/mol. The van der Waals surface area contributed by atoms with Crippen LogP contribution in [0.25, 0.3) is 10.6 Å². The van der Waals surface area contributed by atoms with Gasteiger partial charge in [-0.3, -0.25) is 4.79 Å². The number of aliphatic hydroxyl groups is 1. The van der Waals surface area contributed by atoms with Crippen molar-refractivity contribution in [1.29, 1.82) is 0 Å². The van der Waals surface area contributed by atoms with Gasteiger partial charge in [-0.15, -0.1) is 11.3 Å². The lowest BCUT2D eigenvalue weighted by molar-refractivity contribution is 0.0923. The second-order valence-electron chi connectivity index (χ2n) is 5.21. The topological polar surface area (TPSA) is 74.2 Å². The summed E-state index contributed by atoms with van der Waals surface area (Å²) in [7, 11) is 0. The molecule has 22 heavy (non-hydrogen) atoms. The molecule has 1 saturated heterocycles. The molecular formula is C15H16ClN3O2S. The molecule has 116 valence electrons. The Morgan fingerprint density at radius 2 is 2.27 bits per heavy atom. The molecule has 1 aliphatic heterocycles. The normalized spacial score (nSPS) is 21.0. The average Bonchev–Trinajstić information content (AvgIpc) is 3.14. The van der Waals surface area contributed by atoms with Gasteiger partial charge in [-0.1, -0.05) is 29.8 Å². The Hall–Kier alpha value is -1.47. The maximum absolute atomic E-state index is 12.1. The Labute approximate surface area is 137 Å². The van der Waals surface area contributed by atoms with E-state index in [2.05, 4.69) is 15.6 Å². The number of aromatic nitrogens is 1. The number of nitrogens with zero attached hydrogens (tertiary/aromatic N) is 1. The Balaban J connectivity index is 1.66. The van der Waals surface area contributed by atoms with E-state index in [9.17, 15) is 9.90 Å². The summed E-state index contributed by atoms with van der Waals surface area (Å²) in [5.41, 5.74) is 1.20. The molecule has 1 aliphatic rings. The smallest absolute Gasteiger partial charge is 0.270 e. The van der Waals surface area contributed by atoms with Crippen LogP contribution < -0.4 is 10.6 Å². The molecule has 5 nitrogen and oxygen atoms in total. The summed E-state index contributed by atoms with van der Waals surface area (Å²) in [4.78, 5) is 16.5. The first kappa shape index (κ1) is 15.4. The number of carbonyl (C=O) groups is 1. The van der Waals surface area contributed by atoms with Crippen molar-refractivity contribution in [3.63, 3.8) is 0 Å². The third kappa shape index (κ3) is 3.30. The van der Waals surface area contributed by atoms with Crippen molar-refractivity contribution in [2.45, 2.75) is 6.10 Å². The zero-order valence-electron chi connectivity index (χ0n) is 11.8. The van der Waals surface area contributed by atoms with E-state index in [4.69, 9.17) is 11.6 Å². The van der Waals surface area contributed by atoms with Gasteiger partial charge in [-0.05, 0) is 6.07 Å². The molecule has 1 aromatic heterocycles. The monoisotopic (exact) mass is 337 g/mol. The molecule has 0 radical (unpaired) electrons. The van der Waals surface area contributed by atoms with Gasteiger partial charge >= 0.3 is 0 Å². The lowest BCUT2D eigenvalue weighted by Crippen LogP contribution is -2.34. The van der Waals surface area contributed by atoms with Gasteiger partial charge in [0.05, 0.1) is 11.1 Å². The van der Waals surface area contributed by atoms with Crippen LogP contribution in [0.3, 0.4) is 0 Å². The third-order valence-corrected chi connectivity index (χ3v) is 4.88. The maximum atomic E-state index is 12.1. The van der Waals surface area contributed by atoms with E-state index in [1.54, 1.807) is 11.4 Å². The first-order chi connectivity index (χ1) is 10.6. The molecule has 2 unspecified atom stereocenters. The number of halogens is 1. The Bertz CT molecular complexity index is 676. The Morgan fingerprint density at radius 1 is 1.45 bits per heavy atom. The Morgan fingerprint density at radius 3 is 3.00 bits per heavy atom. The fraction of sp³-hybridized carbons (Fsp3) is 0.333. The van der Waals surface area contributed by atoms with Gasteiger partial charge in [0.1, 0.15) is 10.7 Å². The quantitative estimate of drug-likeness (QED) is 0.795. The lowest BCUT2D eigenvalue weighted by Gasteiger charge is -2.13. The van der Waals surface area contributed by atoms with Crippen molar-refractivity contribution in [3.8, 4) is 10.6 Å². The number of benzene rings is 1. The van der Waals surface area contributed by atoms with Crippen LogP contribution in [0.15, 0.2) is 29.6 Å². The van der Waals surface area contributed by atoms with Crippen molar-refractivity contribution in [2.24, 2.45) is 5.92 Å². The molecule has 0 bridgehead atoms. The summed E-state index contributed by atoms with van der Waals surface area (Å²) in [6.07, 6.45) is -0.408. The van der Waals surface area contributed by atoms with E-state index in [0.29, 0.717) is 30.4 Å². The van der Waals surface area contributed by atoms with E-state index in [0.717, 1.165) is 10.6 Å². The summed E-state index contributed by atoms with van der Waals surface area (Å²) < 4.78 is 0. The summed E-state index contributed by atoms with van der Waals surface area (Å²) >= 11 is 7.53. The second kappa shape index (κ2) is 6.75. The van der Waals surface area contributed by atoms with Gasteiger partial charge in [0.2, 0.25) is 0 Å². The molecule has 3 rings (SSSR count). The van der Waals surface area contributed by atoms with Gasteiger partial charge < -0.3 is 15.7 Å². The number of rotatable bonds is 4. The largest absolute Gasteiger partial charge is 0.391 e. The van der Waals surface area contributed by atoms with E-state index >= 15 is 0 Å². The predicted molar refractivity (Wildman–Crippen MR) is 87.3 cm³/mol. The van der Waals surface area contributed by atoms with Crippen molar-refractivity contribution in [1.82, 2.24) is 15.6 Å². The summed E-state index contributed by atoms with van der Waals surface area (Å²) in [6.45, 7) is 1.73. The van der Waals surface area contributed by atoms with Crippen molar-refractivity contribution >= 4 is 28.8 Å². The molecule has 2 aromatic rings. The molecule has 0 saturated carbocycles. The molecule has 0 spiro atoms. The number of amides is 1. The molecule has 1 fully saturated rings. The summed E-state index contributed by atoms with van der Waals surface area (Å²) in [5.74, 6) is -0.181. The number of carbonyl (C=O) groups excluding carboxylic acids is 1. The SMILES string of the molecule is O=C(NCC1CNCC1O)c1csc(-c2ccccc2Cl)n1. The van der Waals surface area contributed by atoms with Gasteiger partial charge in [0.25, 0.3) is 5.91 Å². The fourth-order valence-corrected chi connectivity index (χ4v) is 3.50. The van der Waals surface area contributed by atoms with Crippen molar-refractivity contribution < 1.29 is 9.90 Å². The second-order valence-corrected chi connectivity index (χ2v) is 6.48. The fourth-order valence-electron chi connectivity index (χ4n) is 2.38. The average molecular weight is 338 g/mol. The van der Waals surface area contributed by atoms with E-state index in [1.807, 2.05) is 18.2 Å². The van der Waals surface area contributed by atoms with Gasteiger partial charge in [0.15, 0.2) is 0 Å². The van der Waals surface area contributed by atoms with Crippen molar-refractivity contribution in [2.75, 3.05) is 19.6 Å². The molecule has 3 N–H and O–H groups in total. The van der Waals surface area contributed by atoms with Crippen LogP contribution in [-0.2, 0) is 0 Å². The van der Waals surface area contributed by atoms with Crippen LogP contribution in [0.5, 0.6) is 0 Å². The van der Waals surface area contributed by atoms with Gasteiger partial charge in [-0.25, -0.2) is 4.98 Å². The van der Waals surface area contributed by atoms with Gasteiger partial charge in [0, 0.05) is 36.5 Å². The van der Waals surface area contributed by atoms with E-state index in [-0.39, 0.29) is 11.8 Å². The highest BCUT2D eigenvalue weighted by Crippen LogP contribution is 2.30. The first-order valence-corrected chi connectivity index (χ1v) is 8.28. The van der Waals surface area contributed by atoms with Crippen LogP contribution in [0, 0.1) is 5.92 Å². The zero-order chi connectivity index (χ0) is 15.5. The zero-order valence-corrected chi connectivity index (χ0v) is 13.3. The van der Waals surface area contributed by atoms with Crippen LogP contribution >= 0.6 is 22.9 Å². The van der Waals surface area contributed by atoms with Crippen molar-refractivity contribution in [3.05, 3.63) is 40.4 Å².